The Hall–Kier alpha value is -3.35. The van der Waals surface area contributed by atoms with E-state index in [1.807, 2.05) is 62.9 Å². The molecular weight excluding hydrogens is 508 g/mol. The fourth-order valence-corrected chi connectivity index (χ4v) is 5.49. The summed E-state index contributed by atoms with van der Waals surface area (Å²) in [7, 11) is 0. The number of unbranched alkanes of at least 4 members (excludes halogenated alkanes) is 1. The zero-order valence-electron chi connectivity index (χ0n) is 23.4. The van der Waals surface area contributed by atoms with Gasteiger partial charge in [0.2, 0.25) is 0 Å². The van der Waals surface area contributed by atoms with E-state index in [4.69, 9.17) is 31.0 Å². The van der Waals surface area contributed by atoms with E-state index < -0.39 is 0 Å². The number of nitriles is 1. The first-order valence-corrected chi connectivity index (χ1v) is 14.7. The number of aliphatic imine (C=N–C) groups is 2. The van der Waals surface area contributed by atoms with Gasteiger partial charge in [0.1, 0.15) is 0 Å². The van der Waals surface area contributed by atoms with E-state index in [9.17, 15) is 0 Å². The minimum atomic E-state index is -0.317. The maximum Gasteiger partial charge on any atom is 0.171 e. The van der Waals surface area contributed by atoms with Crippen molar-refractivity contribution in [2.75, 3.05) is 5.75 Å². The molecule has 2 heterocycles. The molecule has 1 aliphatic rings. The first-order valence-electron chi connectivity index (χ1n) is 13.5. The average molecular weight is 549 g/mol. The summed E-state index contributed by atoms with van der Waals surface area (Å²) in [6.07, 6.45) is 5.61. The van der Waals surface area contributed by atoms with Crippen LogP contribution in [-0.2, 0) is 10.5 Å². The highest BCUT2D eigenvalue weighted by molar-refractivity contribution is 7.98. The van der Waals surface area contributed by atoms with E-state index in [0.29, 0.717) is 42.1 Å². The quantitative estimate of drug-likeness (QED) is 0.135. The number of thioether (sulfide) groups is 1. The third kappa shape index (κ3) is 8.32. The van der Waals surface area contributed by atoms with Gasteiger partial charge in [-0.25, -0.2) is 9.98 Å². The number of aromatic nitrogens is 1. The van der Waals surface area contributed by atoms with Crippen molar-refractivity contribution in [2.45, 2.75) is 84.3 Å². The van der Waals surface area contributed by atoms with Gasteiger partial charge in [-0.2, -0.15) is 17.0 Å². The summed E-state index contributed by atoms with van der Waals surface area (Å²) in [5.74, 6) is 2.95. The van der Waals surface area contributed by atoms with Crippen molar-refractivity contribution in [3.8, 4) is 17.4 Å². The molecule has 9 heteroatoms. The zero-order valence-corrected chi connectivity index (χ0v) is 24.3. The molecule has 1 saturated heterocycles. The van der Waals surface area contributed by atoms with Gasteiger partial charge < -0.3 is 20.7 Å². The van der Waals surface area contributed by atoms with E-state index in [-0.39, 0.29) is 12.3 Å². The predicted octanol–water partition coefficient (Wildman–Crippen LogP) is 6.43. The molecule has 1 aliphatic heterocycles. The van der Waals surface area contributed by atoms with Gasteiger partial charge in [0, 0.05) is 46.7 Å². The highest BCUT2D eigenvalue weighted by Gasteiger charge is 2.27. The molecule has 0 saturated carbocycles. The maximum absolute atomic E-state index is 8.94. The normalized spacial score (nSPS) is 19.2. The van der Waals surface area contributed by atoms with Crippen molar-refractivity contribution in [2.24, 2.45) is 21.5 Å². The standard InChI is InChI=1S/C30H40N6O2S/c1-5-20(3)28(33)27(25(32)14-10-11-17-31)30(34-6-2)35-26-16-15-23(37-26)18-39-19-24-21(4)36-38-29(24)22-12-8-7-9-13-22/h6-9,12-13,23,26H,5,10-11,14-16,18-19,32-33H2,1-4H3/b27-25-,28-20-,34-6?,35-30-. The fourth-order valence-electron chi connectivity index (χ4n) is 4.32. The molecule has 1 fully saturated rings. The Labute approximate surface area is 236 Å². The molecule has 39 heavy (non-hydrogen) atoms. The number of hydrogen-bond donors (Lipinski definition) is 2. The summed E-state index contributed by atoms with van der Waals surface area (Å²) < 4.78 is 11.9. The number of benzene rings is 1. The summed E-state index contributed by atoms with van der Waals surface area (Å²) >= 11 is 1.81. The van der Waals surface area contributed by atoms with Crippen LogP contribution in [-0.4, -0.2) is 35.3 Å². The van der Waals surface area contributed by atoms with Crippen LogP contribution < -0.4 is 11.5 Å². The van der Waals surface area contributed by atoms with Gasteiger partial charge in [-0.1, -0.05) is 42.4 Å². The molecule has 0 amide bonds. The van der Waals surface area contributed by atoms with Gasteiger partial charge in [-0.15, -0.1) is 0 Å². The molecule has 3 rings (SSSR count). The molecule has 1 aromatic carbocycles. The Bertz CT molecular complexity index is 1260. The minimum absolute atomic E-state index is 0.0848. The molecule has 1 aromatic heterocycles. The van der Waals surface area contributed by atoms with E-state index in [1.165, 1.54) is 0 Å². The topological polar surface area (TPSA) is 136 Å². The van der Waals surface area contributed by atoms with Crippen LogP contribution in [0, 0.1) is 18.3 Å². The fraction of sp³-hybridized carbons (Fsp3) is 0.467. The first kappa shape index (κ1) is 30.2. The Morgan fingerprint density at radius 2 is 2.03 bits per heavy atom. The van der Waals surface area contributed by atoms with Crippen molar-refractivity contribution in [1.29, 1.82) is 5.26 Å². The van der Waals surface area contributed by atoms with E-state index in [0.717, 1.165) is 58.9 Å². The van der Waals surface area contributed by atoms with Gasteiger partial charge in [0.05, 0.1) is 23.4 Å². The number of amidine groups is 1. The van der Waals surface area contributed by atoms with Crippen molar-refractivity contribution in [3.63, 3.8) is 0 Å². The van der Waals surface area contributed by atoms with Crippen LogP contribution in [0.25, 0.3) is 11.3 Å². The molecule has 8 nitrogen and oxygen atoms in total. The second-order valence-corrected chi connectivity index (χ2v) is 10.6. The SMILES string of the molecule is CC=NC(=N\C1CCC(CSCc2c(C)noc2-c2ccccc2)O1)/C(=C(\N)CCCC#N)C(/N)=C(\C)CC. The van der Waals surface area contributed by atoms with Crippen LogP contribution >= 0.6 is 11.8 Å². The van der Waals surface area contributed by atoms with Crippen LogP contribution in [0.2, 0.25) is 0 Å². The lowest BCUT2D eigenvalue weighted by molar-refractivity contribution is 0.0642. The number of rotatable bonds is 12. The van der Waals surface area contributed by atoms with Crippen molar-refractivity contribution in [3.05, 3.63) is 64.1 Å². The molecule has 4 N–H and O–H groups in total. The van der Waals surface area contributed by atoms with E-state index >= 15 is 0 Å². The van der Waals surface area contributed by atoms with Gasteiger partial charge in [-0.05, 0) is 58.4 Å². The van der Waals surface area contributed by atoms with Crippen LogP contribution in [0.1, 0.15) is 70.6 Å². The molecule has 0 bridgehead atoms. The Morgan fingerprint density at radius 3 is 2.72 bits per heavy atom. The van der Waals surface area contributed by atoms with Gasteiger partial charge in [-0.3, -0.25) is 0 Å². The smallest absolute Gasteiger partial charge is 0.171 e. The van der Waals surface area contributed by atoms with Gasteiger partial charge in [0.15, 0.2) is 17.8 Å². The van der Waals surface area contributed by atoms with Crippen LogP contribution in [0.3, 0.4) is 0 Å². The van der Waals surface area contributed by atoms with Crippen molar-refractivity contribution >= 4 is 23.8 Å². The maximum atomic E-state index is 8.94. The van der Waals surface area contributed by atoms with Crippen molar-refractivity contribution < 1.29 is 9.26 Å². The number of aryl methyl sites for hydroxylation is 1. The number of hydrogen-bond acceptors (Lipinski definition) is 8. The average Bonchev–Trinajstić information content (AvgIpc) is 3.55. The van der Waals surface area contributed by atoms with Gasteiger partial charge in [0.25, 0.3) is 0 Å². The van der Waals surface area contributed by atoms with Crippen LogP contribution in [0.4, 0.5) is 0 Å². The Balaban J connectivity index is 1.70. The van der Waals surface area contributed by atoms with E-state index in [1.54, 1.807) is 6.21 Å². The van der Waals surface area contributed by atoms with Crippen LogP contribution in [0.5, 0.6) is 0 Å². The monoisotopic (exact) mass is 548 g/mol. The predicted molar refractivity (Wildman–Crippen MR) is 160 cm³/mol. The zero-order chi connectivity index (χ0) is 28.2. The molecule has 2 unspecified atom stereocenters. The molecule has 0 spiro atoms. The number of nitrogens with two attached hydrogens (primary N) is 2. The highest BCUT2D eigenvalue weighted by atomic mass is 32.2. The number of allylic oxidation sites excluding steroid dienone is 2. The molecule has 2 atom stereocenters. The number of ether oxygens (including phenoxy) is 1. The van der Waals surface area contributed by atoms with E-state index in [2.05, 4.69) is 23.1 Å². The molecule has 0 radical (unpaired) electrons. The second-order valence-electron chi connectivity index (χ2n) is 9.55. The first-order chi connectivity index (χ1) is 18.9. The summed E-state index contributed by atoms with van der Waals surface area (Å²) in [4.78, 5) is 9.42. The summed E-state index contributed by atoms with van der Waals surface area (Å²) in [5, 5.41) is 13.1. The van der Waals surface area contributed by atoms with Crippen molar-refractivity contribution in [1.82, 2.24) is 5.16 Å². The highest BCUT2D eigenvalue weighted by Crippen LogP contribution is 2.31. The molecule has 208 valence electrons. The second kappa shape index (κ2) is 15.3. The summed E-state index contributed by atoms with van der Waals surface area (Å²) in [6, 6.07) is 12.2. The molecule has 2 aromatic rings. The largest absolute Gasteiger partial charge is 0.401 e. The lowest BCUT2D eigenvalue weighted by atomic mass is 10.0. The summed E-state index contributed by atoms with van der Waals surface area (Å²) in [6.45, 7) is 7.87. The Morgan fingerprint density at radius 1 is 1.26 bits per heavy atom. The minimum Gasteiger partial charge on any atom is -0.401 e. The summed E-state index contributed by atoms with van der Waals surface area (Å²) in [5.41, 5.74) is 19.0. The third-order valence-corrected chi connectivity index (χ3v) is 7.81. The molecule has 0 aliphatic carbocycles. The van der Waals surface area contributed by atoms with Crippen LogP contribution in [0.15, 0.2) is 67.4 Å². The third-order valence-electron chi connectivity index (χ3n) is 6.71. The number of nitrogens with zero attached hydrogens (tertiary/aromatic N) is 4. The van der Waals surface area contributed by atoms with Gasteiger partial charge >= 0.3 is 0 Å². The lowest BCUT2D eigenvalue weighted by Crippen LogP contribution is -2.20. The lowest BCUT2D eigenvalue weighted by Gasteiger charge is -2.17. The molecular formula is C30H40N6O2S. The Kier molecular flexibility index (Phi) is 11.8.